The van der Waals surface area contributed by atoms with E-state index in [1.54, 1.807) is 63.5 Å². The smallest absolute Gasteiger partial charge is 0.292 e. The zero-order valence-corrected chi connectivity index (χ0v) is 38.1. The summed E-state index contributed by atoms with van der Waals surface area (Å²) in [7, 11) is 1.68. The lowest BCUT2D eigenvalue weighted by atomic mass is 10.1. The lowest BCUT2D eigenvalue weighted by molar-refractivity contribution is -0.138. The van der Waals surface area contributed by atoms with E-state index in [2.05, 4.69) is 5.10 Å². The van der Waals surface area contributed by atoms with Crippen molar-refractivity contribution in [1.82, 2.24) is 9.78 Å². The van der Waals surface area contributed by atoms with Crippen molar-refractivity contribution in [2.75, 3.05) is 42.5 Å². The molecular weight excluding hydrogens is 964 g/mol. The maximum Gasteiger partial charge on any atom is 0.416 e. The van der Waals surface area contributed by atoms with E-state index in [1.807, 2.05) is 0 Å². The van der Waals surface area contributed by atoms with Crippen LogP contribution in [-0.4, -0.2) is 47.0 Å². The van der Waals surface area contributed by atoms with Gasteiger partial charge in [-0.1, -0.05) is 48.0 Å². The Labute approximate surface area is 404 Å². The van der Waals surface area contributed by atoms with Crippen LogP contribution in [0.2, 0.25) is 5.02 Å². The van der Waals surface area contributed by atoms with Crippen LogP contribution in [0, 0.1) is 11.6 Å². The Kier molecular flexibility index (Phi) is 13.3. The third kappa shape index (κ3) is 9.44. The van der Waals surface area contributed by atoms with Crippen LogP contribution in [0.5, 0.6) is 0 Å². The molecule has 71 heavy (non-hydrogen) atoms. The lowest BCUT2D eigenvalue weighted by Crippen LogP contribution is -2.48. The van der Waals surface area contributed by atoms with Crippen molar-refractivity contribution in [1.29, 1.82) is 0 Å². The van der Waals surface area contributed by atoms with Gasteiger partial charge in [0.25, 0.3) is 0 Å². The quantitative estimate of drug-likeness (QED) is 0.148. The average molecular weight is 1000 g/mol. The number of anilines is 8. The highest BCUT2D eigenvalue weighted by atomic mass is 35.5. The molecule has 7 aromatic rings. The first-order chi connectivity index (χ1) is 33.7. The van der Waals surface area contributed by atoms with Crippen LogP contribution in [0.4, 0.5) is 99.8 Å². The number of alkyl halides is 6. The SMILES string of the molecule is CCN1C(=O)N(c2ccc(-c3cnn(C)c3)c(F)c2)C(=O)N(c2ccccc2)c2cc(C(F)(F)F)ccc21.CCN1C(=O)N(c2ccc(Cl)c(F)c2)C(=O)N(c2ccccc2)c2cc(C(F)(F)F)ccc21. The molecule has 0 saturated carbocycles. The van der Waals surface area contributed by atoms with Gasteiger partial charge in [0.1, 0.15) is 11.6 Å². The van der Waals surface area contributed by atoms with Crippen molar-refractivity contribution in [2.24, 2.45) is 7.05 Å². The molecule has 9 rings (SSSR count). The number of hydrogen-bond donors (Lipinski definition) is 0. The molecule has 0 saturated heterocycles. The van der Waals surface area contributed by atoms with Gasteiger partial charge in [0.2, 0.25) is 0 Å². The summed E-state index contributed by atoms with van der Waals surface area (Å²) in [6.07, 6.45) is -6.26. The highest BCUT2D eigenvalue weighted by Crippen LogP contribution is 2.45. The van der Waals surface area contributed by atoms with Crippen molar-refractivity contribution in [3.63, 3.8) is 0 Å². The largest absolute Gasteiger partial charge is 0.416 e. The Morgan fingerprint density at radius 3 is 1.31 bits per heavy atom. The molecule has 3 heterocycles. The Morgan fingerprint density at radius 1 is 0.493 bits per heavy atom. The predicted molar refractivity (Wildman–Crippen MR) is 253 cm³/mol. The number of carbonyl (C=O) groups excluding carboxylic acids is 4. The number of imide groups is 2. The van der Waals surface area contributed by atoms with Gasteiger partial charge in [-0.3, -0.25) is 24.3 Å². The van der Waals surface area contributed by atoms with Crippen LogP contribution in [-0.2, 0) is 19.4 Å². The van der Waals surface area contributed by atoms with Crippen LogP contribution < -0.4 is 29.4 Å². The molecule has 12 nitrogen and oxygen atoms in total. The molecular formula is C50H37ClF8N8O4. The third-order valence-corrected chi connectivity index (χ3v) is 11.6. The molecule has 0 atom stereocenters. The molecule has 1 aromatic heterocycles. The molecule has 0 N–H and O–H groups in total. The molecule has 6 aromatic carbocycles. The maximum atomic E-state index is 15.3. The Hall–Kier alpha value is -8.26. The molecule has 0 unspecified atom stereocenters. The van der Waals surface area contributed by atoms with Crippen LogP contribution in [0.1, 0.15) is 25.0 Å². The summed E-state index contributed by atoms with van der Waals surface area (Å²) in [6, 6.07) is 25.3. The van der Waals surface area contributed by atoms with E-state index in [4.69, 9.17) is 11.6 Å². The fraction of sp³-hybridized carbons (Fsp3) is 0.140. The van der Waals surface area contributed by atoms with E-state index in [9.17, 15) is 49.9 Å². The number of aryl methyl sites for hydroxylation is 1. The number of carbonyl (C=O) groups is 4. The monoisotopic (exact) mass is 1000 g/mol. The highest BCUT2D eigenvalue weighted by molar-refractivity contribution is 6.31. The van der Waals surface area contributed by atoms with Crippen molar-refractivity contribution >= 4 is 81.2 Å². The Bertz CT molecular complexity index is 3190. The summed E-state index contributed by atoms with van der Waals surface area (Å²) in [5, 5.41) is 3.82. The van der Waals surface area contributed by atoms with E-state index >= 15 is 4.39 Å². The molecule has 0 spiro atoms. The number of rotatable bonds is 7. The van der Waals surface area contributed by atoms with Gasteiger partial charge in [0, 0.05) is 37.5 Å². The molecule has 2 aliphatic heterocycles. The number of halogens is 9. The number of benzene rings is 6. The number of aromatic nitrogens is 2. The fourth-order valence-electron chi connectivity index (χ4n) is 8.00. The average Bonchev–Trinajstić information content (AvgIpc) is 3.70. The van der Waals surface area contributed by atoms with Gasteiger partial charge in [0.05, 0.1) is 67.8 Å². The van der Waals surface area contributed by atoms with E-state index in [1.165, 1.54) is 70.4 Å². The number of urea groups is 4. The number of amides is 8. The topological polar surface area (TPSA) is 106 Å². The second kappa shape index (κ2) is 19.3. The first-order valence-corrected chi connectivity index (χ1v) is 21.8. The molecule has 8 amide bonds. The van der Waals surface area contributed by atoms with Gasteiger partial charge in [-0.15, -0.1) is 0 Å². The minimum atomic E-state index is -4.68. The fourth-order valence-corrected chi connectivity index (χ4v) is 8.12. The summed E-state index contributed by atoms with van der Waals surface area (Å²) < 4.78 is 113. The van der Waals surface area contributed by atoms with Gasteiger partial charge in [0.15, 0.2) is 0 Å². The highest BCUT2D eigenvalue weighted by Gasteiger charge is 2.43. The number of fused-ring (bicyclic) bond motifs is 2. The molecule has 0 radical (unpaired) electrons. The van der Waals surface area contributed by atoms with Crippen molar-refractivity contribution in [3.05, 3.63) is 174 Å². The Balaban J connectivity index is 0.000000192. The van der Waals surface area contributed by atoms with E-state index in [0.717, 1.165) is 62.1 Å². The summed E-state index contributed by atoms with van der Waals surface area (Å²) in [6.45, 7) is 3.33. The normalized spacial score (nSPS) is 14.3. The lowest BCUT2D eigenvalue weighted by Gasteiger charge is -2.27. The summed E-state index contributed by atoms with van der Waals surface area (Å²) in [5.41, 5.74) is -1.02. The minimum Gasteiger partial charge on any atom is -0.292 e. The molecule has 21 heteroatoms. The minimum absolute atomic E-state index is 0.0413. The zero-order chi connectivity index (χ0) is 51.1. The standard InChI is InChI=1S/C27H21F4N5O2.C23H16ClF4N3O2/c1-3-34-23-12-9-18(27(29,30)31)13-24(23)35(19-7-5-4-6-8-19)26(38)36(25(34)37)20-10-11-21(22(28)14-20)17-15-32-33(2)16-17;1-2-29-19-11-8-14(23(26,27)28)12-20(19)30(15-6-4-3-5-7-15)22(33)31(21(29)32)16-9-10-17(24)18(25)13-16/h4-16H,3H2,1-2H3;3-13H,2H2,1H3. The maximum absolute atomic E-state index is 15.3. The van der Waals surface area contributed by atoms with Crippen LogP contribution >= 0.6 is 11.6 Å². The summed E-state index contributed by atoms with van der Waals surface area (Å²) in [5.74, 6) is -1.56. The third-order valence-electron chi connectivity index (χ3n) is 11.3. The van der Waals surface area contributed by atoms with Crippen molar-refractivity contribution in [2.45, 2.75) is 26.2 Å². The summed E-state index contributed by atoms with van der Waals surface area (Å²) >= 11 is 5.75. The molecule has 2 aliphatic rings. The van der Waals surface area contributed by atoms with Gasteiger partial charge >= 0.3 is 36.5 Å². The van der Waals surface area contributed by atoms with E-state index in [-0.39, 0.29) is 69.2 Å². The predicted octanol–water partition coefficient (Wildman–Crippen LogP) is 14.2. The molecule has 0 aliphatic carbocycles. The van der Waals surface area contributed by atoms with Crippen LogP contribution in [0.3, 0.4) is 0 Å². The van der Waals surface area contributed by atoms with E-state index in [0.29, 0.717) is 10.5 Å². The molecule has 0 bridgehead atoms. The van der Waals surface area contributed by atoms with Crippen molar-refractivity contribution in [3.8, 4) is 11.1 Å². The molecule has 0 fully saturated rings. The van der Waals surface area contributed by atoms with Crippen LogP contribution in [0.25, 0.3) is 11.1 Å². The second-order valence-corrected chi connectivity index (χ2v) is 16.1. The van der Waals surface area contributed by atoms with Gasteiger partial charge < -0.3 is 0 Å². The van der Waals surface area contributed by atoms with Gasteiger partial charge in [-0.2, -0.15) is 31.4 Å². The van der Waals surface area contributed by atoms with Gasteiger partial charge in [-0.05, 0) is 111 Å². The van der Waals surface area contributed by atoms with Crippen LogP contribution in [0.15, 0.2) is 146 Å². The number of nitrogens with zero attached hydrogens (tertiary/aromatic N) is 8. The Morgan fingerprint density at radius 2 is 0.930 bits per heavy atom. The van der Waals surface area contributed by atoms with Crippen molar-refractivity contribution < 1.29 is 54.3 Å². The first-order valence-electron chi connectivity index (χ1n) is 21.4. The first kappa shape index (κ1) is 49.2. The van der Waals surface area contributed by atoms with Gasteiger partial charge in [-0.25, -0.2) is 37.8 Å². The van der Waals surface area contributed by atoms with E-state index < -0.39 is 59.2 Å². The number of hydrogen-bond acceptors (Lipinski definition) is 5. The zero-order valence-electron chi connectivity index (χ0n) is 37.4. The second-order valence-electron chi connectivity index (χ2n) is 15.7. The molecule has 364 valence electrons. The summed E-state index contributed by atoms with van der Waals surface area (Å²) in [4.78, 5) is 60.7. The number of para-hydroxylation sites is 2.